The molecule has 0 aliphatic carbocycles. The van der Waals surface area contributed by atoms with Gasteiger partial charge in [-0.3, -0.25) is 4.79 Å². The Bertz CT molecular complexity index is 839. The summed E-state index contributed by atoms with van der Waals surface area (Å²) in [7, 11) is 0. The maximum atomic E-state index is 11.5. The monoisotopic (exact) mass is 277 g/mol. The maximum Gasteiger partial charge on any atom is 0.267 e. The highest BCUT2D eigenvalue weighted by Crippen LogP contribution is 2.29. The van der Waals surface area contributed by atoms with Crippen molar-refractivity contribution in [2.24, 2.45) is 5.73 Å². The van der Waals surface area contributed by atoms with E-state index in [2.05, 4.69) is 4.98 Å². The minimum Gasteiger partial charge on any atom is -0.399 e. The fourth-order valence-electron chi connectivity index (χ4n) is 2.37. The molecule has 4 nitrogen and oxygen atoms in total. The van der Waals surface area contributed by atoms with Crippen LogP contribution in [0.15, 0.2) is 48.5 Å². The molecule has 0 aliphatic rings. The van der Waals surface area contributed by atoms with Gasteiger partial charge in [-0.25, -0.2) is 4.98 Å². The number of nitrogens with zero attached hydrogens (tertiary/aromatic N) is 1. The van der Waals surface area contributed by atoms with Gasteiger partial charge in [0.15, 0.2) is 0 Å². The van der Waals surface area contributed by atoms with E-state index in [9.17, 15) is 4.79 Å². The van der Waals surface area contributed by atoms with Gasteiger partial charge in [0, 0.05) is 11.1 Å². The molecule has 3 rings (SSSR count). The highest BCUT2D eigenvalue weighted by molar-refractivity contribution is 6.01. The molecule has 0 saturated carbocycles. The number of amides is 1. The lowest BCUT2D eigenvalue weighted by Gasteiger charge is -2.09. The summed E-state index contributed by atoms with van der Waals surface area (Å²) in [6, 6.07) is 15.2. The minimum absolute atomic E-state index is 0.264. The molecule has 0 spiro atoms. The Hall–Kier alpha value is -2.88. The van der Waals surface area contributed by atoms with E-state index in [0.29, 0.717) is 5.69 Å². The predicted molar refractivity (Wildman–Crippen MR) is 84.8 cm³/mol. The van der Waals surface area contributed by atoms with Crippen LogP contribution in [0, 0.1) is 6.92 Å². The van der Waals surface area contributed by atoms with E-state index < -0.39 is 5.91 Å². The molecule has 4 N–H and O–H groups in total. The zero-order valence-corrected chi connectivity index (χ0v) is 11.6. The number of anilines is 1. The van der Waals surface area contributed by atoms with Crippen molar-refractivity contribution >= 4 is 22.5 Å². The van der Waals surface area contributed by atoms with Gasteiger partial charge in [-0.05, 0) is 47.9 Å². The Morgan fingerprint density at radius 3 is 2.43 bits per heavy atom. The smallest absolute Gasteiger partial charge is 0.267 e. The number of hydrogen-bond acceptors (Lipinski definition) is 3. The van der Waals surface area contributed by atoms with Crippen LogP contribution in [0.2, 0.25) is 0 Å². The number of aromatic nitrogens is 1. The first kappa shape index (κ1) is 13.1. The molecule has 0 unspecified atom stereocenters. The lowest BCUT2D eigenvalue weighted by atomic mass is 9.99. The number of primary amides is 1. The van der Waals surface area contributed by atoms with E-state index in [4.69, 9.17) is 11.5 Å². The fourth-order valence-corrected chi connectivity index (χ4v) is 2.37. The first-order valence-electron chi connectivity index (χ1n) is 6.62. The average Bonchev–Trinajstić information content (AvgIpc) is 2.46. The van der Waals surface area contributed by atoms with Gasteiger partial charge in [-0.15, -0.1) is 0 Å². The molecule has 3 aromatic rings. The van der Waals surface area contributed by atoms with E-state index in [0.717, 1.165) is 27.6 Å². The summed E-state index contributed by atoms with van der Waals surface area (Å²) in [5.41, 5.74) is 15.8. The number of rotatable bonds is 2. The SMILES string of the molecule is Cc1ccc2c(-c3ccc(N)cc3)cc(C(N)=O)nc2c1. The third-order valence-corrected chi connectivity index (χ3v) is 3.44. The second-order valence-corrected chi connectivity index (χ2v) is 5.06. The maximum absolute atomic E-state index is 11.5. The lowest BCUT2D eigenvalue weighted by molar-refractivity contribution is 0.0996. The van der Waals surface area contributed by atoms with Crippen molar-refractivity contribution in [1.29, 1.82) is 0 Å². The van der Waals surface area contributed by atoms with Crippen LogP contribution in [-0.4, -0.2) is 10.9 Å². The highest BCUT2D eigenvalue weighted by atomic mass is 16.1. The van der Waals surface area contributed by atoms with Crippen molar-refractivity contribution in [3.63, 3.8) is 0 Å². The number of aryl methyl sites for hydroxylation is 1. The predicted octanol–water partition coefficient (Wildman–Crippen LogP) is 2.89. The molecule has 1 aromatic heterocycles. The number of nitrogen functional groups attached to an aromatic ring is 1. The summed E-state index contributed by atoms with van der Waals surface area (Å²) in [5, 5.41) is 0.982. The number of hydrogen-bond donors (Lipinski definition) is 2. The number of carbonyl (C=O) groups is 1. The second-order valence-electron chi connectivity index (χ2n) is 5.06. The molecule has 2 aromatic carbocycles. The third-order valence-electron chi connectivity index (χ3n) is 3.44. The van der Waals surface area contributed by atoms with Crippen LogP contribution in [0.3, 0.4) is 0 Å². The standard InChI is InChI=1S/C17H15N3O/c1-10-2-7-13-14(11-3-5-12(18)6-4-11)9-16(17(19)21)20-15(13)8-10/h2-9H,18H2,1H3,(H2,19,21). The minimum atomic E-state index is -0.532. The van der Waals surface area contributed by atoms with Gasteiger partial charge in [0.1, 0.15) is 5.69 Å². The molecular weight excluding hydrogens is 262 g/mol. The Labute approximate surface area is 122 Å². The highest BCUT2D eigenvalue weighted by Gasteiger charge is 2.11. The van der Waals surface area contributed by atoms with Crippen molar-refractivity contribution in [1.82, 2.24) is 4.98 Å². The lowest BCUT2D eigenvalue weighted by Crippen LogP contribution is -2.13. The van der Waals surface area contributed by atoms with E-state index in [1.54, 1.807) is 6.07 Å². The van der Waals surface area contributed by atoms with Crippen molar-refractivity contribution in [2.75, 3.05) is 5.73 Å². The number of pyridine rings is 1. The van der Waals surface area contributed by atoms with Crippen LogP contribution >= 0.6 is 0 Å². The number of carbonyl (C=O) groups excluding carboxylic acids is 1. The Morgan fingerprint density at radius 2 is 1.76 bits per heavy atom. The second kappa shape index (κ2) is 4.90. The molecule has 21 heavy (non-hydrogen) atoms. The number of nitrogens with two attached hydrogens (primary N) is 2. The zero-order chi connectivity index (χ0) is 15.0. The number of benzene rings is 2. The molecule has 0 saturated heterocycles. The van der Waals surface area contributed by atoms with Crippen LogP contribution in [0.1, 0.15) is 16.1 Å². The van der Waals surface area contributed by atoms with Crippen molar-refractivity contribution in [2.45, 2.75) is 6.92 Å². The summed E-state index contributed by atoms with van der Waals surface area (Å²) >= 11 is 0. The summed E-state index contributed by atoms with van der Waals surface area (Å²) in [4.78, 5) is 15.8. The van der Waals surface area contributed by atoms with Crippen LogP contribution in [-0.2, 0) is 0 Å². The molecule has 1 amide bonds. The van der Waals surface area contributed by atoms with Gasteiger partial charge in [0.2, 0.25) is 0 Å². The van der Waals surface area contributed by atoms with E-state index in [1.807, 2.05) is 49.4 Å². The van der Waals surface area contributed by atoms with E-state index in [1.165, 1.54) is 0 Å². The fraction of sp³-hybridized carbons (Fsp3) is 0.0588. The van der Waals surface area contributed by atoms with Gasteiger partial charge in [-0.2, -0.15) is 0 Å². The molecule has 0 radical (unpaired) electrons. The number of fused-ring (bicyclic) bond motifs is 1. The van der Waals surface area contributed by atoms with Gasteiger partial charge in [0.25, 0.3) is 5.91 Å². The Morgan fingerprint density at radius 1 is 1.05 bits per heavy atom. The van der Waals surface area contributed by atoms with E-state index >= 15 is 0 Å². The summed E-state index contributed by atoms with van der Waals surface area (Å²) in [6.07, 6.45) is 0. The van der Waals surface area contributed by atoms with Crippen molar-refractivity contribution < 1.29 is 4.79 Å². The first-order valence-corrected chi connectivity index (χ1v) is 6.62. The summed E-state index contributed by atoms with van der Waals surface area (Å²) in [6.45, 7) is 1.99. The molecule has 0 atom stereocenters. The largest absolute Gasteiger partial charge is 0.399 e. The van der Waals surface area contributed by atoms with Crippen molar-refractivity contribution in [3.8, 4) is 11.1 Å². The third kappa shape index (κ3) is 2.43. The molecular formula is C17H15N3O. The van der Waals surface area contributed by atoms with Crippen LogP contribution in [0.4, 0.5) is 5.69 Å². The summed E-state index contributed by atoms with van der Waals surface area (Å²) in [5.74, 6) is -0.532. The quantitative estimate of drug-likeness (QED) is 0.706. The Kier molecular flexibility index (Phi) is 3.06. The molecule has 1 heterocycles. The normalized spacial score (nSPS) is 10.7. The average molecular weight is 277 g/mol. The molecule has 4 heteroatoms. The molecule has 0 bridgehead atoms. The van der Waals surface area contributed by atoms with Gasteiger partial charge in [-0.1, -0.05) is 24.3 Å². The van der Waals surface area contributed by atoms with Gasteiger partial charge >= 0.3 is 0 Å². The summed E-state index contributed by atoms with van der Waals surface area (Å²) < 4.78 is 0. The molecule has 0 aliphatic heterocycles. The molecule has 0 fully saturated rings. The molecule has 104 valence electrons. The van der Waals surface area contributed by atoms with Crippen LogP contribution in [0.25, 0.3) is 22.0 Å². The zero-order valence-electron chi connectivity index (χ0n) is 11.6. The van der Waals surface area contributed by atoms with Crippen LogP contribution < -0.4 is 11.5 Å². The van der Waals surface area contributed by atoms with Gasteiger partial charge < -0.3 is 11.5 Å². The Balaban J connectivity index is 2.33. The van der Waals surface area contributed by atoms with E-state index in [-0.39, 0.29) is 5.69 Å². The van der Waals surface area contributed by atoms with Crippen molar-refractivity contribution in [3.05, 3.63) is 59.8 Å². The topological polar surface area (TPSA) is 82.0 Å². The van der Waals surface area contributed by atoms with Crippen LogP contribution in [0.5, 0.6) is 0 Å². The van der Waals surface area contributed by atoms with Gasteiger partial charge in [0.05, 0.1) is 5.52 Å². The first-order chi connectivity index (χ1) is 10.0.